The van der Waals surface area contributed by atoms with Crippen LogP contribution in [0.4, 0.5) is 5.69 Å². The van der Waals surface area contributed by atoms with Crippen molar-refractivity contribution in [3.8, 4) is 0 Å². The van der Waals surface area contributed by atoms with Crippen LogP contribution in [0.3, 0.4) is 0 Å². The van der Waals surface area contributed by atoms with E-state index in [1.807, 2.05) is 49.6 Å². The van der Waals surface area contributed by atoms with E-state index in [1.165, 1.54) is 0 Å². The fourth-order valence-corrected chi connectivity index (χ4v) is 2.75. The summed E-state index contributed by atoms with van der Waals surface area (Å²) in [6.07, 6.45) is 0.392. The Labute approximate surface area is 126 Å². The van der Waals surface area contributed by atoms with Gasteiger partial charge in [-0.25, -0.2) is 4.98 Å². The van der Waals surface area contributed by atoms with Crippen LogP contribution in [0, 0.1) is 0 Å². The molecule has 21 heavy (non-hydrogen) atoms. The van der Waals surface area contributed by atoms with Crippen LogP contribution in [0.2, 0.25) is 0 Å². The van der Waals surface area contributed by atoms with Crippen molar-refractivity contribution in [3.63, 3.8) is 0 Å². The first kappa shape index (κ1) is 13.8. The molecule has 0 aliphatic heterocycles. The van der Waals surface area contributed by atoms with Crippen molar-refractivity contribution in [2.75, 3.05) is 5.32 Å². The van der Waals surface area contributed by atoms with Gasteiger partial charge in [-0.3, -0.25) is 4.79 Å². The first-order valence-electron chi connectivity index (χ1n) is 6.84. The van der Waals surface area contributed by atoms with Crippen molar-refractivity contribution in [3.05, 3.63) is 46.5 Å². The largest absolute Gasteiger partial charge is 0.440 e. The molecule has 4 nitrogen and oxygen atoms in total. The van der Waals surface area contributed by atoms with E-state index >= 15 is 0 Å². The van der Waals surface area contributed by atoms with E-state index in [0.29, 0.717) is 17.9 Å². The Hall–Kier alpha value is -2.14. The third-order valence-electron chi connectivity index (χ3n) is 3.10. The number of nitrogens with one attached hydrogen (secondary N) is 1. The van der Waals surface area contributed by atoms with Gasteiger partial charge in [0.15, 0.2) is 11.5 Å². The highest BCUT2D eigenvalue weighted by molar-refractivity contribution is 7.10. The smallest absolute Gasteiger partial charge is 0.229 e. The van der Waals surface area contributed by atoms with E-state index in [2.05, 4.69) is 10.3 Å². The molecule has 0 unspecified atom stereocenters. The Bertz CT molecular complexity index is 760. The second-order valence-electron chi connectivity index (χ2n) is 5.19. The van der Waals surface area contributed by atoms with Crippen LogP contribution < -0.4 is 5.32 Å². The fraction of sp³-hybridized carbons (Fsp3) is 0.250. The van der Waals surface area contributed by atoms with Crippen molar-refractivity contribution in [1.82, 2.24) is 4.98 Å². The monoisotopic (exact) mass is 300 g/mol. The molecule has 2 heterocycles. The first-order valence-corrected chi connectivity index (χ1v) is 7.72. The molecule has 2 aromatic heterocycles. The molecule has 0 aliphatic carbocycles. The molecule has 108 valence electrons. The zero-order valence-electron chi connectivity index (χ0n) is 11.9. The average Bonchev–Trinajstić information content (AvgIpc) is 3.06. The zero-order chi connectivity index (χ0) is 14.8. The predicted molar refractivity (Wildman–Crippen MR) is 84.8 cm³/mol. The quantitative estimate of drug-likeness (QED) is 0.786. The number of amides is 1. The van der Waals surface area contributed by atoms with Gasteiger partial charge in [0.2, 0.25) is 5.91 Å². The van der Waals surface area contributed by atoms with Crippen molar-refractivity contribution in [2.24, 2.45) is 0 Å². The van der Waals surface area contributed by atoms with Gasteiger partial charge in [0, 0.05) is 22.5 Å². The molecule has 0 spiro atoms. The number of hydrogen-bond acceptors (Lipinski definition) is 4. The number of rotatable bonds is 4. The minimum Gasteiger partial charge on any atom is -0.440 e. The summed E-state index contributed by atoms with van der Waals surface area (Å²) in [6.45, 7) is 4.07. The van der Waals surface area contributed by atoms with Crippen LogP contribution in [0.5, 0.6) is 0 Å². The van der Waals surface area contributed by atoms with Crippen molar-refractivity contribution < 1.29 is 9.21 Å². The van der Waals surface area contributed by atoms with Crippen LogP contribution in [0.25, 0.3) is 11.1 Å². The van der Waals surface area contributed by atoms with Gasteiger partial charge < -0.3 is 9.73 Å². The molecule has 3 rings (SSSR count). The fourth-order valence-electron chi connectivity index (χ4n) is 2.04. The summed E-state index contributed by atoms with van der Waals surface area (Å²) >= 11 is 1.58. The van der Waals surface area contributed by atoms with E-state index in [1.54, 1.807) is 11.3 Å². The van der Waals surface area contributed by atoms with Gasteiger partial charge in [0.1, 0.15) is 5.52 Å². The number of benzene rings is 1. The number of hydrogen-bond donors (Lipinski definition) is 1. The number of nitrogens with zero attached hydrogens (tertiary/aromatic N) is 1. The van der Waals surface area contributed by atoms with Gasteiger partial charge in [-0.1, -0.05) is 19.9 Å². The summed E-state index contributed by atoms with van der Waals surface area (Å²) in [5, 5.41) is 4.86. The van der Waals surface area contributed by atoms with Crippen molar-refractivity contribution in [1.29, 1.82) is 0 Å². The Morgan fingerprint density at radius 2 is 2.24 bits per heavy atom. The summed E-state index contributed by atoms with van der Waals surface area (Å²) in [4.78, 5) is 17.4. The highest BCUT2D eigenvalue weighted by atomic mass is 32.1. The van der Waals surface area contributed by atoms with Crippen LogP contribution in [0.15, 0.2) is 40.1 Å². The highest BCUT2D eigenvalue weighted by Gasteiger charge is 2.11. The maximum atomic E-state index is 12.0. The molecule has 0 saturated heterocycles. The lowest BCUT2D eigenvalue weighted by Gasteiger charge is -2.03. The zero-order valence-corrected chi connectivity index (χ0v) is 12.7. The summed E-state index contributed by atoms with van der Waals surface area (Å²) in [5.74, 6) is 0.932. The lowest BCUT2D eigenvalue weighted by atomic mass is 10.2. The molecule has 1 amide bonds. The van der Waals surface area contributed by atoms with E-state index in [-0.39, 0.29) is 11.8 Å². The molecule has 1 aromatic carbocycles. The van der Waals surface area contributed by atoms with Crippen LogP contribution in [-0.4, -0.2) is 10.9 Å². The molecular weight excluding hydrogens is 284 g/mol. The molecule has 0 atom stereocenters. The second-order valence-corrected chi connectivity index (χ2v) is 6.23. The molecule has 0 fully saturated rings. The van der Waals surface area contributed by atoms with E-state index in [0.717, 1.165) is 16.1 Å². The Morgan fingerprint density at radius 1 is 1.38 bits per heavy atom. The number of carbonyl (C=O) groups excluding carboxylic acids is 1. The van der Waals surface area contributed by atoms with Gasteiger partial charge >= 0.3 is 0 Å². The SMILES string of the molecule is CC(C)c1nc2ccc(NC(=O)Cc3cccs3)cc2o1. The molecule has 0 aliphatic rings. The molecule has 1 N–H and O–H groups in total. The number of aromatic nitrogens is 1. The maximum Gasteiger partial charge on any atom is 0.229 e. The molecule has 0 bridgehead atoms. The molecule has 0 radical (unpaired) electrons. The number of oxazole rings is 1. The normalized spacial score (nSPS) is 11.2. The minimum absolute atomic E-state index is 0.0274. The van der Waals surface area contributed by atoms with E-state index in [9.17, 15) is 4.79 Å². The highest BCUT2D eigenvalue weighted by Crippen LogP contribution is 2.24. The van der Waals surface area contributed by atoms with Crippen molar-refractivity contribution >= 4 is 34.0 Å². The summed E-state index contributed by atoms with van der Waals surface area (Å²) in [6, 6.07) is 9.44. The average molecular weight is 300 g/mol. The van der Waals surface area contributed by atoms with Gasteiger partial charge in [-0.05, 0) is 23.6 Å². The summed E-state index contributed by atoms with van der Waals surface area (Å²) < 4.78 is 5.70. The lowest BCUT2D eigenvalue weighted by Crippen LogP contribution is -2.13. The number of anilines is 1. The predicted octanol–water partition coefficient (Wildman–Crippen LogP) is 4.19. The first-order chi connectivity index (χ1) is 10.1. The molecule has 3 aromatic rings. The Kier molecular flexibility index (Phi) is 3.75. The lowest BCUT2D eigenvalue weighted by molar-refractivity contribution is -0.115. The number of thiophene rings is 1. The summed E-state index contributed by atoms with van der Waals surface area (Å²) in [7, 11) is 0. The van der Waals surface area contributed by atoms with Crippen LogP contribution >= 0.6 is 11.3 Å². The van der Waals surface area contributed by atoms with Crippen LogP contribution in [-0.2, 0) is 11.2 Å². The third-order valence-corrected chi connectivity index (χ3v) is 3.97. The van der Waals surface area contributed by atoms with Gasteiger partial charge in [0.25, 0.3) is 0 Å². The third kappa shape index (κ3) is 3.13. The minimum atomic E-state index is -0.0274. The number of carbonyl (C=O) groups is 1. The standard InChI is InChI=1S/C16H16N2O2S/c1-10(2)16-18-13-6-5-11(8-14(13)20-16)17-15(19)9-12-4-3-7-21-12/h3-8,10H,9H2,1-2H3,(H,17,19). The molecule has 0 saturated carbocycles. The van der Waals surface area contributed by atoms with E-state index in [4.69, 9.17) is 4.42 Å². The molecular formula is C16H16N2O2S. The van der Waals surface area contributed by atoms with Gasteiger partial charge in [0.05, 0.1) is 6.42 Å². The number of fused-ring (bicyclic) bond motifs is 1. The van der Waals surface area contributed by atoms with Gasteiger partial charge in [-0.2, -0.15) is 0 Å². The maximum absolute atomic E-state index is 12.0. The Balaban J connectivity index is 1.76. The van der Waals surface area contributed by atoms with Gasteiger partial charge in [-0.15, -0.1) is 11.3 Å². The van der Waals surface area contributed by atoms with Crippen molar-refractivity contribution in [2.45, 2.75) is 26.2 Å². The molecule has 5 heteroatoms. The summed E-state index contributed by atoms with van der Waals surface area (Å²) in [5.41, 5.74) is 2.25. The second kappa shape index (κ2) is 5.69. The topological polar surface area (TPSA) is 55.1 Å². The van der Waals surface area contributed by atoms with Crippen LogP contribution in [0.1, 0.15) is 30.5 Å². The van der Waals surface area contributed by atoms with E-state index < -0.39 is 0 Å². The Morgan fingerprint density at radius 3 is 2.95 bits per heavy atom.